The molecule has 3 heterocycles. The van der Waals surface area contributed by atoms with Crippen LogP contribution in [0.15, 0.2) is 140 Å². The van der Waals surface area contributed by atoms with Crippen LogP contribution in [0, 0.1) is 0 Å². The lowest BCUT2D eigenvalue weighted by Crippen LogP contribution is -2.06. The molecule has 8 aromatic rings. The summed E-state index contributed by atoms with van der Waals surface area (Å²) in [6.45, 7) is 0. The van der Waals surface area contributed by atoms with E-state index in [4.69, 9.17) is 15.0 Å². The molecule has 41 heavy (non-hydrogen) atoms. The van der Waals surface area contributed by atoms with Crippen LogP contribution in [-0.2, 0) is 0 Å². The third-order valence-electron chi connectivity index (χ3n) is 7.51. The summed E-state index contributed by atoms with van der Waals surface area (Å²) in [6, 6.07) is 45.6. The molecule has 5 heteroatoms. The predicted octanol–water partition coefficient (Wildman–Crippen LogP) is 8.52. The van der Waals surface area contributed by atoms with Crippen molar-refractivity contribution in [1.29, 1.82) is 0 Å². The summed E-state index contributed by atoms with van der Waals surface area (Å²) in [5.74, 6) is 1.84. The molecular formula is C36H23N5. The molecule has 0 atom stereocenters. The fourth-order valence-electron chi connectivity index (χ4n) is 5.59. The van der Waals surface area contributed by atoms with Gasteiger partial charge in [0.1, 0.15) is 0 Å². The van der Waals surface area contributed by atoms with Crippen LogP contribution in [0.25, 0.3) is 72.6 Å². The molecule has 0 radical (unpaired) electrons. The molecule has 0 N–H and O–H groups in total. The van der Waals surface area contributed by atoms with E-state index in [0.29, 0.717) is 17.6 Å². The van der Waals surface area contributed by atoms with Gasteiger partial charge in [-0.15, -0.1) is 0 Å². The molecule has 5 nitrogen and oxygen atoms in total. The first-order valence-electron chi connectivity index (χ1n) is 13.6. The quantitative estimate of drug-likeness (QED) is 0.231. The van der Waals surface area contributed by atoms with E-state index in [9.17, 15) is 0 Å². The SMILES string of the molecule is c1ccc(-c2ccc3c(c2)c2c4cccnc4ccc2n3-c2nc(-c3ccccc3)nc(-c3ccccc3)n2)cc1. The first-order chi connectivity index (χ1) is 20.3. The van der Waals surface area contributed by atoms with E-state index in [0.717, 1.165) is 49.4 Å². The number of pyridine rings is 1. The maximum atomic E-state index is 5.06. The van der Waals surface area contributed by atoms with Gasteiger partial charge in [-0.05, 0) is 41.5 Å². The number of benzene rings is 5. The summed E-state index contributed by atoms with van der Waals surface area (Å²) < 4.78 is 2.16. The lowest BCUT2D eigenvalue weighted by molar-refractivity contribution is 0.953. The van der Waals surface area contributed by atoms with Gasteiger partial charge < -0.3 is 0 Å². The normalized spacial score (nSPS) is 11.4. The molecule has 0 aliphatic rings. The second-order valence-electron chi connectivity index (χ2n) is 9.98. The monoisotopic (exact) mass is 525 g/mol. The van der Waals surface area contributed by atoms with Crippen molar-refractivity contribution in [3.63, 3.8) is 0 Å². The maximum absolute atomic E-state index is 5.06. The maximum Gasteiger partial charge on any atom is 0.238 e. The molecule has 192 valence electrons. The molecule has 0 unspecified atom stereocenters. The molecule has 0 saturated carbocycles. The molecule has 5 aromatic carbocycles. The smallest absolute Gasteiger partial charge is 0.238 e. The summed E-state index contributed by atoms with van der Waals surface area (Å²) in [5.41, 5.74) is 7.21. The molecule has 0 saturated heterocycles. The van der Waals surface area contributed by atoms with Crippen LogP contribution in [0.4, 0.5) is 0 Å². The minimum absolute atomic E-state index is 0.577. The molecule has 0 bridgehead atoms. The van der Waals surface area contributed by atoms with Crippen LogP contribution in [0.3, 0.4) is 0 Å². The molecule has 8 rings (SSSR count). The first kappa shape index (κ1) is 23.2. The second-order valence-corrected chi connectivity index (χ2v) is 9.98. The molecule has 0 fully saturated rings. The molecule has 0 spiro atoms. The summed E-state index contributed by atoms with van der Waals surface area (Å²) in [6.07, 6.45) is 1.84. The van der Waals surface area contributed by atoms with Gasteiger partial charge >= 0.3 is 0 Å². The van der Waals surface area contributed by atoms with Crippen molar-refractivity contribution in [1.82, 2.24) is 24.5 Å². The van der Waals surface area contributed by atoms with Crippen molar-refractivity contribution >= 4 is 32.7 Å². The van der Waals surface area contributed by atoms with Gasteiger partial charge in [-0.3, -0.25) is 9.55 Å². The number of fused-ring (bicyclic) bond motifs is 5. The Balaban J connectivity index is 1.47. The van der Waals surface area contributed by atoms with Crippen molar-refractivity contribution in [3.05, 3.63) is 140 Å². The van der Waals surface area contributed by atoms with Gasteiger partial charge in [0.2, 0.25) is 5.95 Å². The lowest BCUT2D eigenvalue weighted by atomic mass is 10.0. The Kier molecular flexibility index (Phi) is 5.38. The molecule has 3 aromatic heterocycles. The molecular weight excluding hydrogens is 502 g/mol. The summed E-state index contributed by atoms with van der Waals surface area (Å²) in [4.78, 5) is 19.7. The fourth-order valence-corrected chi connectivity index (χ4v) is 5.59. The Morgan fingerprint density at radius 3 is 1.71 bits per heavy atom. The summed E-state index contributed by atoms with van der Waals surface area (Å²) >= 11 is 0. The third-order valence-corrected chi connectivity index (χ3v) is 7.51. The van der Waals surface area contributed by atoms with E-state index in [1.807, 2.05) is 79.0 Å². The zero-order chi connectivity index (χ0) is 27.2. The first-order valence-corrected chi connectivity index (χ1v) is 13.6. The highest BCUT2D eigenvalue weighted by Crippen LogP contribution is 2.38. The van der Waals surface area contributed by atoms with Crippen LogP contribution in [-0.4, -0.2) is 24.5 Å². The lowest BCUT2D eigenvalue weighted by Gasteiger charge is -2.11. The Labute approximate surface area is 236 Å². The van der Waals surface area contributed by atoms with Gasteiger partial charge in [0.15, 0.2) is 11.6 Å². The van der Waals surface area contributed by atoms with E-state index in [2.05, 4.69) is 70.2 Å². The molecule has 0 aliphatic heterocycles. The second kappa shape index (κ2) is 9.50. The number of nitrogens with zero attached hydrogens (tertiary/aromatic N) is 5. The summed E-state index contributed by atoms with van der Waals surface area (Å²) in [5, 5.41) is 3.36. The highest BCUT2D eigenvalue weighted by atomic mass is 15.2. The van der Waals surface area contributed by atoms with E-state index < -0.39 is 0 Å². The zero-order valence-electron chi connectivity index (χ0n) is 22.0. The largest absolute Gasteiger partial charge is 0.278 e. The van der Waals surface area contributed by atoms with Gasteiger partial charge in [-0.1, -0.05) is 103 Å². The standard InChI is InChI=1S/C36H23N5/c1-4-11-24(12-5-1)27-18-20-31-29(23-27)33-28-17-10-22-37-30(28)19-21-32(33)41(31)36-39-34(25-13-6-2-7-14-25)38-35(40-36)26-15-8-3-9-16-26/h1-23H. The van der Waals surface area contributed by atoms with E-state index in [1.54, 1.807) is 0 Å². The third kappa shape index (κ3) is 3.95. The van der Waals surface area contributed by atoms with Gasteiger partial charge in [-0.2, -0.15) is 9.97 Å². The van der Waals surface area contributed by atoms with Gasteiger partial charge in [0, 0.05) is 33.5 Å². The van der Waals surface area contributed by atoms with E-state index >= 15 is 0 Å². The van der Waals surface area contributed by atoms with Crippen LogP contribution in [0.5, 0.6) is 0 Å². The van der Waals surface area contributed by atoms with Crippen molar-refractivity contribution in [3.8, 4) is 39.9 Å². The average Bonchev–Trinajstić information content (AvgIpc) is 3.40. The molecule has 0 amide bonds. The zero-order valence-corrected chi connectivity index (χ0v) is 22.0. The van der Waals surface area contributed by atoms with Crippen LogP contribution in [0.1, 0.15) is 0 Å². The predicted molar refractivity (Wildman–Crippen MR) is 166 cm³/mol. The van der Waals surface area contributed by atoms with Gasteiger partial charge in [0.05, 0.1) is 16.6 Å². The highest BCUT2D eigenvalue weighted by molar-refractivity contribution is 6.21. The minimum Gasteiger partial charge on any atom is -0.278 e. The minimum atomic E-state index is 0.577. The van der Waals surface area contributed by atoms with Crippen molar-refractivity contribution in [2.24, 2.45) is 0 Å². The Bertz CT molecular complexity index is 2130. The van der Waals surface area contributed by atoms with Gasteiger partial charge in [0.25, 0.3) is 0 Å². The molecule has 0 aliphatic carbocycles. The Hall–Kier alpha value is -5.68. The van der Waals surface area contributed by atoms with E-state index in [1.165, 1.54) is 5.56 Å². The fraction of sp³-hybridized carbons (Fsp3) is 0. The van der Waals surface area contributed by atoms with Crippen LogP contribution in [0.2, 0.25) is 0 Å². The van der Waals surface area contributed by atoms with Gasteiger partial charge in [-0.25, -0.2) is 4.98 Å². The topological polar surface area (TPSA) is 56.5 Å². The van der Waals surface area contributed by atoms with E-state index in [-0.39, 0.29) is 0 Å². The number of aromatic nitrogens is 5. The van der Waals surface area contributed by atoms with Crippen LogP contribution >= 0.6 is 0 Å². The highest BCUT2D eigenvalue weighted by Gasteiger charge is 2.20. The van der Waals surface area contributed by atoms with Crippen molar-refractivity contribution < 1.29 is 0 Å². The number of hydrogen-bond donors (Lipinski definition) is 0. The summed E-state index contributed by atoms with van der Waals surface area (Å²) in [7, 11) is 0. The number of hydrogen-bond acceptors (Lipinski definition) is 4. The van der Waals surface area contributed by atoms with Crippen LogP contribution < -0.4 is 0 Å². The Morgan fingerprint density at radius 2 is 1.05 bits per heavy atom. The number of rotatable bonds is 4. The average molecular weight is 526 g/mol. The Morgan fingerprint density at radius 1 is 0.439 bits per heavy atom. The van der Waals surface area contributed by atoms with Crippen molar-refractivity contribution in [2.45, 2.75) is 0 Å². The van der Waals surface area contributed by atoms with Crippen molar-refractivity contribution in [2.75, 3.05) is 0 Å².